The summed E-state index contributed by atoms with van der Waals surface area (Å²) in [7, 11) is 0. The molecule has 0 fully saturated rings. The van der Waals surface area contributed by atoms with E-state index in [1.54, 1.807) is 0 Å². The number of rotatable bonds is 5. The van der Waals surface area contributed by atoms with Crippen LogP contribution in [0.1, 0.15) is 0 Å². The van der Waals surface area contributed by atoms with Crippen molar-refractivity contribution in [3.05, 3.63) is 182 Å². The summed E-state index contributed by atoms with van der Waals surface area (Å²) in [6.45, 7) is 0. The van der Waals surface area contributed by atoms with Crippen LogP contribution in [0.2, 0.25) is 0 Å². The number of hydrogen-bond acceptors (Lipinski definition) is 4. The molecule has 0 N–H and O–H groups in total. The molecule has 0 radical (unpaired) electrons. The van der Waals surface area contributed by atoms with Gasteiger partial charge in [-0.15, -0.1) is 0 Å². The minimum absolute atomic E-state index is 0.645. The fourth-order valence-corrected chi connectivity index (χ4v) is 7.90. The van der Waals surface area contributed by atoms with Crippen LogP contribution in [0.15, 0.2) is 186 Å². The Kier molecular flexibility index (Phi) is 6.79. The maximum atomic E-state index is 6.63. The summed E-state index contributed by atoms with van der Waals surface area (Å²) < 4.78 is 8.97. The Balaban J connectivity index is 1.12. The molecular weight excluding hydrogens is 661 g/mol. The molecule has 4 aromatic heterocycles. The normalized spacial score (nSPS) is 11.7. The fraction of sp³-hybridized carbons (Fsp3) is 0. The van der Waals surface area contributed by atoms with Gasteiger partial charge in [-0.3, -0.25) is 0 Å². The van der Waals surface area contributed by atoms with E-state index in [0.717, 1.165) is 77.9 Å². The molecule has 7 aromatic carbocycles. The van der Waals surface area contributed by atoms with Crippen LogP contribution in [0, 0.1) is 0 Å². The van der Waals surface area contributed by atoms with Gasteiger partial charge < -0.3 is 8.98 Å². The topological polar surface area (TPSA) is 56.7 Å². The molecule has 0 spiro atoms. The zero-order valence-corrected chi connectivity index (χ0v) is 29.0. The SMILES string of the molecule is c1ccc(-c2cc(-c3cccc(-n4c5ccccc5c5ccccc54)c3)nc(-c3ccc4oc5c(-c6ccccc6)nc6ccccc6c5c4c3)n2)cc1. The molecule has 0 saturated carbocycles. The van der Waals surface area contributed by atoms with Gasteiger partial charge in [0.1, 0.15) is 11.3 Å². The van der Waals surface area contributed by atoms with Crippen molar-refractivity contribution in [2.24, 2.45) is 0 Å². The van der Waals surface area contributed by atoms with Gasteiger partial charge in [-0.2, -0.15) is 0 Å². The molecule has 0 unspecified atom stereocenters. The number of furan rings is 1. The van der Waals surface area contributed by atoms with Crippen LogP contribution in [0.3, 0.4) is 0 Å². The molecule has 0 aliphatic heterocycles. The molecule has 0 atom stereocenters. The van der Waals surface area contributed by atoms with Gasteiger partial charge >= 0.3 is 0 Å². The van der Waals surface area contributed by atoms with Gasteiger partial charge in [0, 0.05) is 54.9 Å². The van der Waals surface area contributed by atoms with Crippen molar-refractivity contribution in [1.29, 1.82) is 0 Å². The number of para-hydroxylation sites is 3. The smallest absolute Gasteiger partial charge is 0.162 e. The van der Waals surface area contributed by atoms with Gasteiger partial charge in [0.25, 0.3) is 0 Å². The van der Waals surface area contributed by atoms with Crippen molar-refractivity contribution in [3.8, 4) is 50.8 Å². The minimum Gasteiger partial charge on any atom is -0.454 e. The van der Waals surface area contributed by atoms with Crippen molar-refractivity contribution < 1.29 is 4.42 Å². The first-order valence-corrected chi connectivity index (χ1v) is 18.1. The average Bonchev–Trinajstić information content (AvgIpc) is 3.80. The van der Waals surface area contributed by atoms with E-state index >= 15 is 0 Å². The van der Waals surface area contributed by atoms with Crippen LogP contribution in [-0.4, -0.2) is 19.5 Å². The lowest BCUT2D eigenvalue weighted by Gasteiger charge is -2.12. The fourth-order valence-electron chi connectivity index (χ4n) is 7.90. The average molecular weight is 691 g/mol. The Labute approximate surface area is 310 Å². The third kappa shape index (κ3) is 4.83. The molecule has 5 nitrogen and oxygen atoms in total. The Bertz CT molecular complexity index is 3160. The summed E-state index contributed by atoms with van der Waals surface area (Å²) in [6, 6.07) is 63.1. The van der Waals surface area contributed by atoms with Crippen molar-refractivity contribution >= 4 is 54.6 Å². The van der Waals surface area contributed by atoms with E-state index < -0.39 is 0 Å². The van der Waals surface area contributed by atoms with Gasteiger partial charge in [-0.25, -0.2) is 15.0 Å². The van der Waals surface area contributed by atoms with E-state index in [1.807, 2.05) is 48.5 Å². The highest BCUT2D eigenvalue weighted by Gasteiger charge is 2.20. The first kappa shape index (κ1) is 30.3. The molecule has 5 heteroatoms. The molecule has 54 heavy (non-hydrogen) atoms. The van der Waals surface area contributed by atoms with Gasteiger partial charge in [0.2, 0.25) is 0 Å². The lowest BCUT2D eigenvalue weighted by Crippen LogP contribution is -1.98. The van der Waals surface area contributed by atoms with E-state index in [4.69, 9.17) is 19.4 Å². The number of hydrogen-bond donors (Lipinski definition) is 0. The minimum atomic E-state index is 0.645. The van der Waals surface area contributed by atoms with Crippen molar-refractivity contribution in [2.75, 3.05) is 0 Å². The predicted octanol–water partition coefficient (Wildman–Crippen LogP) is 12.7. The number of pyridine rings is 1. The molecule has 0 amide bonds. The van der Waals surface area contributed by atoms with Crippen LogP contribution in [0.5, 0.6) is 0 Å². The maximum absolute atomic E-state index is 6.63. The molecule has 0 aliphatic rings. The van der Waals surface area contributed by atoms with Crippen LogP contribution in [-0.2, 0) is 0 Å². The Hall–Kier alpha value is -7.37. The molecule has 252 valence electrons. The number of benzene rings is 7. The summed E-state index contributed by atoms with van der Waals surface area (Å²) in [4.78, 5) is 15.6. The number of nitrogens with zero attached hydrogens (tertiary/aromatic N) is 4. The van der Waals surface area contributed by atoms with Crippen molar-refractivity contribution in [1.82, 2.24) is 19.5 Å². The standard InChI is InChI=1S/C49H30N4O/c1-3-14-31(15-4-1)41-30-42(33-18-13-19-35(28-33)53-43-24-11-8-20-36(43)37-21-9-12-25-44(37)53)52-49(51-41)34-26-27-45-39(29-34)46-38-22-7-10-23-40(38)50-47(48(46)54-45)32-16-5-2-6-17-32/h1-30H. The van der Waals surface area contributed by atoms with Crippen LogP contribution < -0.4 is 0 Å². The largest absolute Gasteiger partial charge is 0.454 e. The highest BCUT2D eigenvalue weighted by atomic mass is 16.3. The molecule has 0 aliphatic carbocycles. The Morgan fingerprint density at radius 1 is 0.407 bits per heavy atom. The van der Waals surface area contributed by atoms with Crippen LogP contribution in [0.4, 0.5) is 0 Å². The van der Waals surface area contributed by atoms with Gasteiger partial charge in [0.15, 0.2) is 11.4 Å². The molecular formula is C49H30N4O. The van der Waals surface area contributed by atoms with Gasteiger partial charge in [-0.1, -0.05) is 127 Å². The lowest BCUT2D eigenvalue weighted by molar-refractivity contribution is 0.669. The van der Waals surface area contributed by atoms with Crippen LogP contribution >= 0.6 is 0 Å². The second-order valence-corrected chi connectivity index (χ2v) is 13.6. The summed E-state index contributed by atoms with van der Waals surface area (Å²) in [6.07, 6.45) is 0. The third-order valence-electron chi connectivity index (χ3n) is 10.4. The van der Waals surface area contributed by atoms with E-state index in [0.29, 0.717) is 5.82 Å². The number of aromatic nitrogens is 4. The lowest BCUT2D eigenvalue weighted by atomic mass is 10.0. The second-order valence-electron chi connectivity index (χ2n) is 13.6. The van der Waals surface area contributed by atoms with Crippen molar-refractivity contribution in [3.63, 3.8) is 0 Å². The van der Waals surface area contributed by atoms with E-state index in [2.05, 4.69) is 138 Å². The summed E-state index contributed by atoms with van der Waals surface area (Å²) in [5.74, 6) is 0.645. The van der Waals surface area contributed by atoms with E-state index in [9.17, 15) is 0 Å². The van der Waals surface area contributed by atoms with E-state index in [1.165, 1.54) is 21.8 Å². The third-order valence-corrected chi connectivity index (χ3v) is 10.4. The second kappa shape index (κ2) is 12.1. The molecule has 0 bridgehead atoms. The number of fused-ring (bicyclic) bond motifs is 8. The zero-order chi connectivity index (χ0) is 35.6. The first-order valence-electron chi connectivity index (χ1n) is 18.1. The van der Waals surface area contributed by atoms with Crippen molar-refractivity contribution in [2.45, 2.75) is 0 Å². The molecule has 11 aromatic rings. The highest BCUT2D eigenvalue weighted by molar-refractivity contribution is 6.21. The van der Waals surface area contributed by atoms with E-state index in [-0.39, 0.29) is 0 Å². The molecule has 0 saturated heterocycles. The zero-order valence-electron chi connectivity index (χ0n) is 29.0. The maximum Gasteiger partial charge on any atom is 0.162 e. The Morgan fingerprint density at radius 2 is 1.02 bits per heavy atom. The quantitative estimate of drug-likeness (QED) is 0.180. The predicted molar refractivity (Wildman–Crippen MR) is 221 cm³/mol. The summed E-state index contributed by atoms with van der Waals surface area (Å²) >= 11 is 0. The molecule has 11 rings (SSSR count). The Morgan fingerprint density at radius 3 is 1.76 bits per heavy atom. The van der Waals surface area contributed by atoms with Gasteiger partial charge in [0.05, 0.1) is 27.9 Å². The summed E-state index contributed by atoms with van der Waals surface area (Å²) in [5.41, 5.74) is 12.4. The molecule has 4 heterocycles. The first-order chi connectivity index (χ1) is 26.8. The summed E-state index contributed by atoms with van der Waals surface area (Å²) in [5, 5.41) is 5.55. The highest BCUT2D eigenvalue weighted by Crippen LogP contribution is 2.41. The monoisotopic (exact) mass is 690 g/mol. The van der Waals surface area contributed by atoms with Crippen LogP contribution in [0.25, 0.3) is 105 Å². The van der Waals surface area contributed by atoms with Gasteiger partial charge in [-0.05, 0) is 54.6 Å².